The Bertz CT molecular complexity index is 706. The van der Waals surface area contributed by atoms with Crippen LogP contribution < -0.4 is 10.6 Å². The molecule has 0 fully saturated rings. The Balaban J connectivity index is 1.81. The normalized spacial score (nSPS) is 10.2. The summed E-state index contributed by atoms with van der Waals surface area (Å²) >= 11 is 0. The predicted molar refractivity (Wildman–Crippen MR) is 93.1 cm³/mol. The van der Waals surface area contributed by atoms with Crippen molar-refractivity contribution in [3.8, 4) is 0 Å². The van der Waals surface area contributed by atoms with E-state index in [1.807, 2.05) is 63.2 Å². The third kappa shape index (κ3) is 4.95. The molecule has 2 aromatic carbocycles. The fraction of sp³-hybridized carbons (Fsp3) is 0.263. The molecule has 0 atom stereocenters. The van der Waals surface area contributed by atoms with Crippen LogP contribution in [0.2, 0.25) is 0 Å². The maximum Gasteiger partial charge on any atom is 0.319 e. The number of anilines is 1. The molecule has 2 N–H and O–H groups in total. The Morgan fingerprint density at radius 2 is 1.57 bits per heavy atom. The number of hydrogen-bond donors (Lipinski definition) is 2. The van der Waals surface area contributed by atoms with E-state index < -0.39 is 0 Å². The van der Waals surface area contributed by atoms with Gasteiger partial charge in [0.1, 0.15) is 0 Å². The number of rotatable bonds is 5. The summed E-state index contributed by atoms with van der Waals surface area (Å²) in [5.74, 6) is 0.0250. The number of aryl methyl sites for hydroxylation is 3. The van der Waals surface area contributed by atoms with Crippen molar-refractivity contribution in [3.05, 3.63) is 64.7 Å². The monoisotopic (exact) mass is 310 g/mol. The minimum Gasteiger partial charge on any atom is -0.337 e. The molecular formula is C19H22N2O2. The van der Waals surface area contributed by atoms with Crippen molar-refractivity contribution in [2.75, 3.05) is 11.9 Å². The zero-order valence-corrected chi connectivity index (χ0v) is 13.8. The van der Waals surface area contributed by atoms with Gasteiger partial charge in [-0.1, -0.05) is 42.0 Å². The Morgan fingerprint density at radius 3 is 2.26 bits per heavy atom. The zero-order chi connectivity index (χ0) is 16.8. The van der Waals surface area contributed by atoms with Crippen LogP contribution in [0.1, 0.15) is 33.5 Å². The van der Waals surface area contributed by atoms with Gasteiger partial charge in [-0.3, -0.25) is 4.79 Å². The lowest BCUT2D eigenvalue weighted by atomic mass is 10.1. The number of amides is 2. The maximum absolute atomic E-state index is 12.0. The van der Waals surface area contributed by atoms with Gasteiger partial charge in [0.15, 0.2) is 5.78 Å². The van der Waals surface area contributed by atoms with E-state index in [9.17, 15) is 9.59 Å². The number of carbonyl (C=O) groups excluding carboxylic acids is 2. The predicted octanol–water partition coefficient (Wildman–Crippen LogP) is 4.01. The van der Waals surface area contributed by atoms with Gasteiger partial charge in [-0.25, -0.2) is 4.79 Å². The van der Waals surface area contributed by atoms with Crippen molar-refractivity contribution < 1.29 is 9.59 Å². The second-order valence-corrected chi connectivity index (χ2v) is 5.74. The van der Waals surface area contributed by atoms with E-state index in [4.69, 9.17) is 0 Å². The molecule has 0 aliphatic rings. The molecule has 0 saturated heterocycles. The molecule has 2 rings (SSSR count). The number of carbonyl (C=O) groups is 2. The van der Waals surface area contributed by atoms with Crippen molar-refractivity contribution >= 4 is 17.5 Å². The molecule has 2 aromatic rings. The smallest absolute Gasteiger partial charge is 0.319 e. The van der Waals surface area contributed by atoms with E-state index in [0.29, 0.717) is 12.1 Å². The molecule has 0 spiro atoms. The summed E-state index contributed by atoms with van der Waals surface area (Å²) in [4.78, 5) is 23.9. The largest absolute Gasteiger partial charge is 0.337 e. The SMILES string of the molecule is Cc1ccc(C(=O)CCNC(=O)Nc2cc(C)ccc2C)cc1. The third-order valence-electron chi connectivity index (χ3n) is 3.65. The van der Waals surface area contributed by atoms with Crippen molar-refractivity contribution in [3.63, 3.8) is 0 Å². The van der Waals surface area contributed by atoms with Crippen LogP contribution in [0, 0.1) is 20.8 Å². The van der Waals surface area contributed by atoms with Crippen LogP contribution in [0.3, 0.4) is 0 Å². The Morgan fingerprint density at radius 1 is 0.913 bits per heavy atom. The van der Waals surface area contributed by atoms with Crippen LogP contribution in [-0.2, 0) is 0 Å². The van der Waals surface area contributed by atoms with Crippen molar-refractivity contribution in [2.45, 2.75) is 27.2 Å². The Hall–Kier alpha value is -2.62. The molecule has 0 aromatic heterocycles. The van der Waals surface area contributed by atoms with Gasteiger partial charge in [-0.2, -0.15) is 0 Å². The van der Waals surface area contributed by atoms with E-state index in [0.717, 1.165) is 22.4 Å². The van der Waals surface area contributed by atoms with Gasteiger partial charge in [0, 0.05) is 24.2 Å². The lowest BCUT2D eigenvalue weighted by Gasteiger charge is -2.10. The van der Waals surface area contributed by atoms with E-state index in [2.05, 4.69) is 10.6 Å². The van der Waals surface area contributed by atoms with Crippen LogP contribution >= 0.6 is 0 Å². The molecule has 120 valence electrons. The first-order valence-corrected chi connectivity index (χ1v) is 7.67. The fourth-order valence-corrected chi connectivity index (χ4v) is 2.21. The molecule has 4 nitrogen and oxygen atoms in total. The summed E-state index contributed by atoms with van der Waals surface area (Å²) in [6.45, 7) is 6.20. The number of benzene rings is 2. The number of ketones is 1. The average molecular weight is 310 g/mol. The van der Waals surface area contributed by atoms with Crippen LogP contribution in [0.4, 0.5) is 10.5 Å². The summed E-state index contributed by atoms with van der Waals surface area (Å²) in [6, 6.07) is 13.0. The molecule has 4 heteroatoms. The lowest BCUT2D eigenvalue weighted by Crippen LogP contribution is -2.30. The van der Waals surface area contributed by atoms with E-state index in [1.54, 1.807) is 0 Å². The van der Waals surface area contributed by atoms with Crippen molar-refractivity contribution in [1.82, 2.24) is 5.32 Å². The molecule has 0 radical (unpaired) electrons. The number of Topliss-reactive ketones (excluding diaryl/α,β-unsaturated/α-hetero) is 1. The second kappa shape index (κ2) is 7.58. The van der Waals surface area contributed by atoms with Gasteiger partial charge in [-0.15, -0.1) is 0 Å². The summed E-state index contributed by atoms with van der Waals surface area (Å²) in [5.41, 5.74) is 4.66. The van der Waals surface area contributed by atoms with Gasteiger partial charge < -0.3 is 10.6 Å². The van der Waals surface area contributed by atoms with E-state index in [-0.39, 0.29) is 18.2 Å². The third-order valence-corrected chi connectivity index (χ3v) is 3.65. The average Bonchev–Trinajstić information content (AvgIpc) is 2.51. The molecule has 2 amide bonds. The summed E-state index contributed by atoms with van der Waals surface area (Å²) in [7, 11) is 0. The minimum absolute atomic E-state index is 0.0250. The quantitative estimate of drug-likeness (QED) is 0.820. The van der Waals surface area contributed by atoms with Gasteiger partial charge in [0.25, 0.3) is 0 Å². The second-order valence-electron chi connectivity index (χ2n) is 5.74. The van der Waals surface area contributed by atoms with Crippen LogP contribution in [0.25, 0.3) is 0 Å². The van der Waals surface area contributed by atoms with Gasteiger partial charge >= 0.3 is 6.03 Å². The van der Waals surface area contributed by atoms with Gasteiger partial charge in [-0.05, 0) is 38.0 Å². The number of nitrogens with one attached hydrogen (secondary N) is 2. The van der Waals surface area contributed by atoms with Gasteiger partial charge in [0.2, 0.25) is 0 Å². The summed E-state index contributed by atoms with van der Waals surface area (Å²) < 4.78 is 0. The van der Waals surface area contributed by atoms with Crippen LogP contribution in [0.5, 0.6) is 0 Å². The molecule has 0 aliphatic carbocycles. The first-order chi connectivity index (χ1) is 11.0. The van der Waals surface area contributed by atoms with Crippen molar-refractivity contribution in [2.24, 2.45) is 0 Å². The fourth-order valence-electron chi connectivity index (χ4n) is 2.21. The number of hydrogen-bond acceptors (Lipinski definition) is 2. The molecule has 0 aliphatic heterocycles. The van der Waals surface area contributed by atoms with Gasteiger partial charge in [0.05, 0.1) is 0 Å². The van der Waals surface area contributed by atoms with E-state index in [1.165, 1.54) is 0 Å². The van der Waals surface area contributed by atoms with E-state index >= 15 is 0 Å². The molecule has 0 heterocycles. The molecule has 0 saturated carbocycles. The minimum atomic E-state index is -0.296. The molecule has 23 heavy (non-hydrogen) atoms. The number of urea groups is 1. The summed E-state index contributed by atoms with van der Waals surface area (Å²) in [6.07, 6.45) is 0.281. The highest BCUT2D eigenvalue weighted by atomic mass is 16.2. The molecule has 0 bridgehead atoms. The van der Waals surface area contributed by atoms with Crippen LogP contribution in [0.15, 0.2) is 42.5 Å². The highest BCUT2D eigenvalue weighted by Gasteiger charge is 2.08. The topological polar surface area (TPSA) is 58.2 Å². The Kier molecular flexibility index (Phi) is 5.52. The maximum atomic E-state index is 12.0. The standard InChI is InChI=1S/C19H22N2O2/c1-13-5-8-16(9-6-13)18(22)10-11-20-19(23)21-17-12-14(2)4-7-15(17)3/h4-9,12H,10-11H2,1-3H3,(H2,20,21,23). The summed E-state index contributed by atoms with van der Waals surface area (Å²) in [5, 5.41) is 5.53. The molecule has 0 unspecified atom stereocenters. The van der Waals surface area contributed by atoms with Crippen LogP contribution in [-0.4, -0.2) is 18.4 Å². The first kappa shape index (κ1) is 16.7. The lowest BCUT2D eigenvalue weighted by molar-refractivity contribution is 0.0984. The Labute approximate surface area is 136 Å². The van der Waals surface area contributed by atoms with Crippen molar-refractivity contribution in [1.29, 1.82) is 0 Å². The zero-order valence-electron chi connectivity index (χ0n) is 13.8. The highest BCUT2D eigenvalue weighted by molar-refractivity contribution is 5.96. The molecular weight excluding hydrogens is 288 g/mol. The highest BCUT2D eigenvalue weighted by Crippen LogP contribution is 2.16. The first-order valence-electron chi connectivity index (χ1n) is 7.67.